The lowest BCUT2D eigenvalue weighted by Crippen LogP contribution is -2.27. The zero-order valence-electron chi connectivity index (χ0n) is 6.31. The van der Waals surface area contributed by atoms with Crippen LogP contribution in [0, 0.1) is 17.2 Å². The number of nitriles is 1. The Morgan fingerprint density at radius 3 is 2.33 bits per heavy atom. The summed E-state index contributed by atoms with van der Waals surface area (Å²) in [5.41, 5.74) is 0. The first kappa shape index (κ1) is 8.45. The van der Waals surface area contributed by atoms with Crippen LogP contribution in [0.2, 0.25) is 0 Å². The van der Waals surface area contributed by atoms with E-state index in [1.165, 1.54) is 0 Å². The summed E-state index contributed by atoms with van der Waals surface area (Å²) in [4.78, 5) is 0. The van der Waals surface area contributed by atoms with E-state index in [0.29, 0.717) is 5.92 Å². The fourth-order valence-corrected chi connectivity index (χ4v) is 0.458. The summed E-state index contributed by atoms with van der Waals surface area (Å²) in [6, 6.07) is 2.10. The zero-order chi connectivity index (χ0) is 7.28. The Balaban J connectivity index is 3.19. The second kappa shape index (κ2) is 4.34. The van der Waals surface area contributed by atoms with E-state index in [0.717, 1.165) is 6.54 Å². The van der Waals surface area contributed by atoms with Gasteiger partial charge < -0.3 is 5.32 Å². The van der Waals surface area contributed by atoms with Crippen LogP contribution < -0.4 is 5.32 Å². The highest BCUT2D eigenvalue weighted by Crippen LogP contribution is 1.88. The van der Waals surface area contributed by atoms with Gasteiger partial charge in [-0.1, -0.05) is 13.8 Å². The standard InChI is InChI=1S/C7H14N2/c1-6(2)5-9-7(3)4-8/h6-7,9H,5H2,1-3H3. The molecule has 0 aromatic carbocycles. The van der Waals surface area contributed by atoms with Crippen molar-refractivity contribution >= 4 is 0 Å². The highest BCUT2D eigenvalue weighted by Gasteiger charge is 1.97. The van der Waals surface area contributed by atoms with E-state index in [1.54, 1.807) is 0 Å². The summed E-state index contributed by atoms with van der Waals surface area (Å²) in [6.45, 7) is 7.03. The number of rotatable bonds is 3. The second-order valence-electron chi connectivity index (χ2n) is 2.65. The van der Waals surface area contributed by atoms with Gasteiger partial charge in [0.15, 0.2) is 0 Å². The minimum atomic E-state index is -0.00704. The Hall–Kier alpha value is -0.550. The normalized spacial score (nSPS) is 13.2. The summed E-state index contributed by atoms with van der Waals surface area (Å²) in [5, 5.41) is 11.4. The highest BCUT2D eigenvalue weighted by molar-refractivity contribution is 4.85. The Morgan fingerprint density at radius 2 is 2.00 bits per heavy atom. The van der Waals surface area contributed by atoms with Gasteiger partial charge in [0.25, 0.3) is 0 Å². The van der Waals surface area contributed by atoms with Crippen molar-refractivity contribution in [3.05, 3.63) is 0 Å². The average Bonchev–Trinajstić information content (AvgIpc) is 1.83. The number of nitrogens with zero attached hydrogens (tertiary/aromatic N) is 1. The molecule has 0 bridgehead atoms. The van der Waals surface area contributed by atoms with E-state index >= 15 is 0 Å². The lowest BCUT2D eigenvalue weighted by molar-refractivity contribution is 0.532. The molecule has 1 atom stereocenters. The van der Waals surface area contributed by atoms with Crippen LogP contribution in [0.4, 0.5) is 0 Å². The van der Waals surface area contributed by atoms with Crippen molar-refractivity contribution in [1.29, 1.82) is 5.26 Å². The van der Waals surface area contributed by atoms with Gasteiger partial charge in [-0.15, -0.1) is 0 Å². The molecule has 0 saturated heterocycles. The SMILES string of the molecule is CC(C)CNC(C)C#N. The first-order valence-electron chi connectivity index (χ1n) is 3.29. The van der Waals surface area contributed by atoms with Crippen LogP contribution in [-0.2, 0) is 0 Å². The molecular formula is C7H14N2. The molecule has 2 heteroatoms. The Morgan fingerprint density at radius 1 is 1.44 bits per heavy atom. The van der Waals surface area contributed by atoms with Crippen molar-refractivity contribution in [3.63, 3.8) is 0 Å². The minimum Gasteiger partial charge on any atom is -0.302 e. The van der Waals surface area contributed by atoms with Gasteiger partial charge in [0, 0.05) is 0 Å². The fraction of sp³-hybridized carbons (Fsp3) is 0.857. The summed E-state index contributed by atoms with van der Waals surface area (Å²) in [6.07, 6.45) is 0. The molecule has 0 rings (SSSR count). The molecule has 2 nitrogen and oxygen atoms in total. The molecular weight excluding hydrogens is 112 g/mol. The van der Waals surface area contributed by atoms with Crippen molar-refractivity contribution in [2.45, 2.75) is 26.8 Å². The Labute approximate surface area is 56.9 Å². The van der Waals surface area contributed by atoms with Crippen LogP contribution in [0.5, 0.6) is 0 Å². The number of nitrogens with one attached hydrogen (secondary N) is 1. The lowest BCUT2D eigenvalue weighted by atomic mass is 10.2. The quantitative estimate of drug-likeness (QED) is 0.615. The topological polar surface area (TPSA) is 35.8 Å². The zero-order valence-corrected chi connectivity index (χ0v) is 6.31. The van der Waals surface area contributed by atoms with E-state index in [1.807, 2.05) is 6.92 Å². The van der Waals surface area contributed by atoms with Gasteiger partial charge in [-0.3, -0.25) is 0 Å². The van der Waals surface area contributed by atoms with Gasteiger partial charge in [0.1, 0.15) is 0 Å². The van der Waals surface area contributed by atoms with Crippen LogP contribution in [-0.4, -0.2) is 12.6 Å². The molecule has 0 aromatic heterocycles. The van der Waals surface area contributed by atoms with Crippen molar-refractivity contribution in [1.82, 2.24) is 5.32 Å². The highest BCUT2D eigenvalue weighted by atomic mass is 14.9. The van der Waals surface area contributed by atoms with Gasteiger partial charge in [-0.25, -0.2) is 0 Å². The monoisotopic (exact) mass is 126 g/mol. The predicted octanol–water partition coefficient (Wildman–Crippen LogP) is 1.14. The van der Waals surface area contributed by atoms with E-state index in [9.17, 15) is 0 Å². The maximum Gasteiger partial charge on any atom is 0.0924 e. The summed E-state index contributed by atoms with van der Waals surface area (Å²) in [5.74, 6) is 0.626. The maximum absolute atomic E-state index is 8.34. The maximum atomic E-state index is 8.34. The Bertz CT molecular complexity index is 102. The molecule has 0 aromatic rings. The van der Waals surface area contributed by atoms with E-state index in [4.69, 9.17) is 5.26 Å². The molecule has 0 radical (unpaired) electrons. The van der Waals surface area contributed by atoms with Gasteiger partial charge in [0.05, 0.1) is 12.1 Å². The molecule has 0 aliphatic rings. The first-order chi connectivity index (χ1) is 4.16. The molecule has 0 aliphatic carbocycles. The summed E-state index contributed by atoms with van der Waals surface area (Å²) >= 11 is 0. The fourth-order valence-electron chi connectivity index (χ4n) is 0.458. The van der Waals surface area contributed by atoms with E-state index in [2.05, 4.69) is 25.2 Å². The molecule has 0 spiro atoms. The summed E-state index contributed by atoms with van der Waals surface area (Å²) in [7, 11) is 0. The molecule has 0 saturated carbocycles. The first-order valence-corrected chi connectivity index (χ1v) is 3.29. The largest absolute Gasteiger partial charge is 0.302 e. The molecule has 52 valence electrons. The van der Waals surface area contributed by atoms with Crippen molar-refractivity contribution < 1.29 is 0 Å². The number of hydrogen-bond donors (Lipinski definition) is 1. The minimum absolute atomic E-state index is 0.00704. The van der Waals surface area contributed by atoms with Crippen LogP contribution >= 0.6 is 0 Å². The van der Waals surface area contributed by atoms with Gasteiger partial charge in [-0.05, 0) is 19.4 Å². The molecule has 0 heterocycles. The average molecular weight is 126 g/mol. The molecule has 1 N–H and O–H groups in total. The molecule has 0 amide bonds. The third-order valence-corrected chi connectivity index (χ3v) is 1.03. The van der Waals surface area contributed by atoms with Crippen LogP contribution in [0.1, 0.15) is 20.8 Å². The van der Waals surface area contributed by atoms with Gasteiger partial charge in [0.2, 0.25) is 0 Å². The van der Waals surface area contributed by atoms with E-state index in [-0.39, 0.29) is 6.04 Å². The van der Waals surface area contributed by atoms with Crippen LogP contribution in [0.3, 0.4) is 0 Å². The van der Waals surface area contributed by atoms with E-state index < -0.39 is 0 Å². The van der Waals surface area contributed by atoms with Crippen molar-refractivity contribution in [3.8, 4) is 6.07 Å². The third kappa shape index (κ3) is 5.32. The Kier molecular flexibility index (Phi) is 4.08. The van der Waals surface area contributed by atoms with Crippen molar-refractivity contribution in [2.75, 3.05) is 6.54 Å². The lowest BCUT2D eigenvalue weighted by Gasteiger charge is -2.07. The molecule has 0 aliphatic heterocycles. The molecule has 0 fully saturated rings. The second-order valence-corrected chi connectivity index (χ2v) is 2.65. The van der Waals surface area contributed by atoms with Crippen LogP contribution in [0.15, 0.2) is 0 Å². The van der Waals surface area contributed by atoms with Crippen molar-refractivity contribution in [2.24, 2.45) is 5.92 Å². The molecule has 9 heavy (non-hydrogen) atoms. The summed E-state index contributed by atoms with van der Waals surface area (Å²) < 4.78 is 0. The number of hydrogen-bond acceptors (Lipinski definition) is 2. The smallest absolute Gasteiger partial charge is 0.0924 e. The van der Waals surface area contributed by atoms with Gasteiger partial charge >= 0.3 is 0 Å². The third-order valence-electron chi connectivity index (χ3n) is 1.03. The van der Waals surface area contributed by atoms with Crippen LogP contribution in [0.25, 0.3) is 0 Å². The molecule has 1 unspecified atom stereocenters. The predicted molar refractivity (Wildman–Crippen MR) is 37.9 cm³/mol. The van der Waals surface area contributed by atoms with Gasteiger partial charge in [-0.2, -0.15) is 5.26 Å².